The van der Waals surface area contributed by atoms with Crippen molar-refractivity contribution in [1.29, 1.82) is 0 Å². The number of aliphatic hydroxyl groups is 1. The molecule has 0 aliphatic carbocycles. The van der Waals surface area contributed by atoms with E-state index in [-0.39, 0.29) is 18.2 Å². The first-order valence-corrected chi connectivity index (χ1v) is 8.17. The molecule has 27 heavy (non-hydrogen) atoms. The molecule has 0 spiro atoms. The third-order valence-electron chi connectivity index (χ3n) is 3.93. The molecular weight excluding hydrogens is 361 g/mol. The molecule has 2 rings (SSSR count). The summed E-state index contributed by atoms with van der Waals surface area (Å²) in [5.41, 5.74) is 0.182. The monoisotopic (exact) mass is 380 g/mol. The number of hydrogen-bond acceptors (Lipinski definition) is 3. The molecule has 2 atom stereocenters. The maximum atomic E-state index is 12.5. The lowest BCUT2D eigenvalue weighted by Gasteiger charge is -2.16. The van der Waals surface area contributed by atoms with Gasteiger partial charge in [-0.25, -0.2) is 0 Å². The molecule has 2 amide bonds. The lowest BCUT2D eigenvalue weighted by molar-refractivity contribution is -0.139. The van der Waals surface area contributed by atoms with Crippen LogP contribution in [0.15, 0.2) is 54.6 Å². The standard InChI is InChI=1S/C19H19F3N2O3/c1-12(13-5-3-2-4-6-13)24-18(27)17(26)23-11-16(25)14-7-9-15(10-8-14)19(20,21)22/h2-10,12,16,25H,11H2,1H3,(H,23,26)(H,24,27)/t12-,16-/m1/s1. The molecule has 0 aliphatic rings. The van der Waals surface area contributed by atoms with Crippen LogP contribution in [-0.4, -0.2) is 23.5 Å². The van der Waals surface area contributed by atoms with Crippen molar-refractivity contribution in [3.8, 4) is 0 Å². The number of aliphatic hydroxyl groups excluding tert-OH is 1. The van der Waals surface area contributed by atoms with Crippen LogP contribution in [0.2, 0.25) is 0 Å². The van der Waals surface area contributed by atoms with E-state index in [0.29, 0.717) is 0 Å². The number of alkyl halides is 3. The van der Waals surface area contributed by atoms with Gasteiger partial charge in [-0.1, -0.05) is 42.5 Å². The highest BCUT2D eigenvalue weighted by Gasteiger charge is 2.30. The summed E-state index contributed by atoms with van der Waals surface area (Å²) in [7, 11) is 0. The van der Waals surface area contributed by atoms with Gasteiger partial charge in [0.2, 0.25) is 0 Å². The summed E-state index contributed by atoms with van der Waals surface area (Å²) in [4.78, 5) is 23.7. The summed E-state index contributed by atoms with van der Waals surface area (Å²) in [6.07, 6.45) is -5.71. The van der Waals surface area contributed by atoms with Crippen LogP contribution in [0, 0.1) is 0 Å². The topological polar surface area (TPSA) is 78.4 Å². The van der Waals surface area contributed by atoms with Crippen molar-refractivity contribution in [1.82, 2.24) is 10.6 Å². The zero-order valence-electron chi connectivity index (χ0n) is 14.5. The van der Waals surface area contributed by atoms with Crippen molar-refractivity contribution < 1.29 is 27.9 Å². The molecule has 0 unspecified atom stereocenters. The van der Waals surface area contributed by atoms with Gasteiger partial charge in [0, 0.05) is 6.54 Å². The molecule has 0 aliphatic heterocycles. The molecule has 0 fully saturated rings. The Morgan fingerprint density at radius 1 is 0.963 bits per heavy atom. The van der Waals surface area contributed by atoms with E-state index in [2.05, 4.69) is 10.6 Å². The molecule has 2 aromatic rings. The molecule has 0 heterocycles. The number of carbonyl (C=O) groups excluding carboxylic acids is 2. The van der Waals surface area contributed by atoms with Crippen LogP contribution in [0.3, 0.4) is 0 Å². The van der Waals surface area contributed by atoms with E-state index in [1.54, 1.807) is 31.2 Å². The Labute approximate surface area is 154 Å². The van der Waals surface area contributed by atoms with Crippen LogP contribution in [0.25, 0.3) is 0 Å². The third-order valence-corrected chi connectivity index (χ3v) is 3.93. The van der Waals surface area contributed by atoms with Gasteiger partial charge in [-0.05, 0) is 30.2 Å². The highest BCUT2D eigenvalue weighted by molar-refractivity contribution is 6.35. The molecule has 0 saturated carbocycles. The minimum atomic E-state index is -4.47. The van der Waals surface area contributed by atoms with Gasteiger partial charge in [0.05, 0.1) is 17.7 Å². The average Bonchev–Trinajstić information content (AvgIpc) is 2.65. The lowest BCUT2D eigenvalue weighted by atomic mass is 10.1. The van der Waals surface area contributed by atoms with Crippen molar-refractivity contribution in [3.63, 3.8) is 0 Å². The second kappa shape index (κ2) is 8.68. The highest BCUT2D eigenvalue weighted by Crippen LogP contribution is 2.29. The van der Waals surface area contributed by atoms with Crippen LogP contribution in [0.4, 0.5) is 13.2 Å². The van der Waals surface area contributed by atoms with E-state index in [9.17, 15) is 27.9 Å². The number of halogens is 3. The maximum Gasteiger partial charge on any atom is 0.416 e. The predicted molar refractivity (Wildman–Crippen MR) is 92.4 cm³/mol. The Balaban J connectivity index is 1.86. The number of amides is 2. The van der Waals surface area contributed by atoms with E-state index in [0.717, 1.165) is 29.8 Å². The first kappa shape index (κ1) is 20.4. The molecule has 0 bridgehead atoms. The lowest BCUT2D eigenvalue weighted by Crippen LogP contribution is -2.42. The quantitative estimate of drug-likeness (QED) is 0.698. The summed E-state index contributed by atoms with van der Waals surface area (Å²) >= 11 is 0. The molecule has 0 saturated heterocycles. The minimum Gasteiger partial charge on any atom is -0.387 e. The van der Waals surface area contributed by atoms with Gasteiger partial charge < -0.3 is 15.7 Å². The zero-order valence-corrected chi connectivity index (χ0v) is 14.5. The Morgan fingerprint density at radius 3 is 2.11 bits per heavy atom. The smallest absolute Gasteiger partial charge is 0.387 e. The Morgan fingerprint density at radius 2 is 1.56 bits per heavy atom. The fraction of sp³-hybridized carbons (Fsp3) is 0.263. The van der Waals surface area contributed by atoms with Crippen molar-refractivity contribution >= 4 is 11.8 Å². The largest absolute Gasteiger partial charge is 0.416 e. The first-order chi connectivity index (χ1) is 12.7. The van der Waals surface area contributed by atoms with Crippen LogP contribution in [0.5, 0.6) is 0 Å². The molecule has 0 aromatic heterocycles. The number of nitrogens with one attached hydrogen (secondary N) is 2. The normalized spacial score (nSPS) is 13.5. The Bertz CT molecular complexity index is 777. The van der Waals surface area contributed by atoms with Crippen LogP contribution in [0.1, 0.15) is 35.8 Å². The summed E-state index contributed by atoms with van der Waals surface area (Å²) in [5.74, 6) is -1.81. The third kappa shape index (κ3) is 5.82. The fourth-order valence-electron chi connectivity index (χ4n) is 2.37. The van der Waals surface area contributed by atoms with Crippen molar-refractivity contribution in [2.75, 3.05) is 6.54 Å². The van der Waals surface area contributed by atoms with Gasteiger partial charge >= 0.3 is 18.0 Å². The second-order valence-corrected chi connectivity index (χ2v) is 5.95. The molecule has 0 radical (unpaired) electrons. The van der Waals surface area contributed by atoms with Gasteiger partial charge in [0.15, 0.2) is 0 Å². The van der Waals surface area contributed by atoms with Gasteiger partial charge in [0.25, 0.3) is 0 Å². The first-order valence-electron chi connectivity index (χ1n) is 8.17. The summed E-state index contributed by atoms with van der Waals surface area (Å²) in [6, 6.07) is 12.6. The molecule has 3 N–H and O–H groups in total. The summed E-state index contributed by atoms with van der Waals surface area (Å²) in [5, 5.41) is 14.8. The fourth-order valence-corrected chi connectivity index (χ4v) is 2.37. The Hall–Kier alpha value is -2.87. The summed E-state index contributed by atoms with van der Waals surface area (Å²) < 4.78 is 37.6. The van der Waals surface area contributed by atoms with E-state index in [1.807, 2.05) is 6.07 Å². The van der Waals surface area contributed by atoms with E-state index in [4.69, 9.17) is 0 Å². The van der Waals surface area contributed by atoms with Crippen molar-refractivity contribution in [3.05, 3.63) is 71.3 Å². The van der Waals surface area contributed by atoms with E-state index >= 15 is 0 Å². The van der Waals surface area contributed by atoms with Gasteiger partial charge in [-0.15, -0.1) is 0 Å². The van der Waals surface area contributed by atoms with Crippen LogP contribution >= 0.6 is 0 Å². The SMILES string of the molecule is C[C@@H](NC(=O)C(=O)NC[C@@H](O)c1ccc(C(F)(F)F)cc1)c1ccccc1. The molecule has 144 valence electrons. The highest BCUT2D eigenvalue weighted by atomic mass is 19.4. The molecule has 5 nitrogen and oxygen atoms in total. The number of benzene rings is 2. The average molecular weight is 380 g/mol. The van der Waals surface area contributed by atoms with Crippen molar-refractivity contribution in [2.45, 2.75) is 25.2 Å². The molecular formula is C19H19F3N2O3. The zero-order chi connectivity index (χ0) is 20.0. The predicted octanol–water partition coefficient (Wildman–Crippen LogP) is 2.73. The molecule has 8 heteroatoms. The van der Waals surface area contributed by atoms with Gasteiger partial charge in [-0.3, -0.25) is 9.59 Å². The number of hydrogen-bond donors (Lipinski definition) is 3. The van der Waals surface area contributed by atoms with Crippen molar-refractivity contribution in [2.24, 2.45) is 0 Å². The van der Waals surface area contributed by atoms with E-state index < -0.39 is 29.7 Å². The van der Waals surface area contributed by atoms with Crippen LogP contribution < -0.4 is 10.6 Å². The van der Waals surface area contributed by atoms with E-state index in [1.165, 1.54) is 0 Å². The van der Waals surface area contributed by atoms with Gasteiger partial charge in [-0.2, -0.15) is 13.2 Å². The van der Waals surface area contributed by atoms with Gasteiger partial charge in [0.1, 0.15) is 0 Å². The van der Waals surface area contributed by atoms with Crippen LogP contribution in [-0.2, 0) is 15.8 Å². The molecule has 2 aromatic carbocycles. The minimum absolute atomic E-state index is 0.196. The number of carbonyl (C=O) groups is 2. The number of rotatable bonds is 5. The maximum absolute atomic E-state index is 12.5. The second-order valence-electron chi connectivity index (χ2n) is 5.95. The summed E-state index contributed by atoms with van der Waals surface area (Å²) in [6.45, 7) is 1.41. The Kier molecular flexibility index (Phi) is 6.57.